The lowest BCUT2D eigenvalue weighted by Gasteiger charge is -1.99. The van der Waals surface area contributed by atoms with Crippen molar-refractivity contribution in [3.05, 3.63) is 18.0 Å². The second-order valence-corrected chi connectivity index (χ2v) is 3.50. The van der Waals surface area contributed by atoms with Crippen LogP contribution in [0.2, 0.25) is 0 Å². The first-order valence-corrected chi connectivity index (χ1v) is 6.31. The van der Waals surface area contributed by atoms with Crippen LogP contribution in [0.5, 0.6) is 0 Å². The Kier molecular flexibility index (Phi) is 11.6. The minimum Gasteiger partial charge on any atom is -0.385 e. The zero-order valence-corrected chi connectivity index (χ0v) is 10.9. The van der Waals surface area contributed by atoms with Gasteiger partial charge >= 0.3 is 0 Å². The largest absolute Gasteiger partial charge is 0.385 e. The fraction of sp³-hybridized carbons (Fsp3) is 0.769. The monoisotopic (exact) mass is 227 g/mol. The zero-order valence-electron chi connectivity index (χ0n) is 10.9. The maximum Gasteiger partial charge on any atom is 0.124 e. The molecule has 0 unspecified atom stereocenters. The molecule has 94 valence electrons. The first kappa shape index (κ1) is 15.2. The molecule has 16 heavy (non-hydrogen) atoms. The Morgan fingerprint density at radius 2 is 1.81 bits per heavy atom. The number of hydrogen-bond acceptors (Lipinski definition) is 3. The minimum atomic E-state index is 0.892. The predicted molar refractivity (Wildman–Crippen MR) is 66.5 cm³/mol. The lowest BCUT2D eigenvalue weighted by Crippen LogP contribution is -1.89. The fourth-order valence-corrected chi connectivity index (χ4v) is 1.45. The first-order chi connectivity index (χ1) is 7.93. The Bertz CT molecular complexity index is 210. The van der Waals surface area contributed by atoms with E-state index in [1.807, 2.05) is 19.9 Å². The summed E-state index contributed by atoms with van der Waals surface area (Å²) in [7, 11) is 1.75. The molecule has 0 aliphatic rings. The van der Waals surface area contributed by atoms with E-state index in [1.54, 1.807) is 13.4 Å². The molecule has 0 fully saturated rings. The molecule has 1 rings (SSSR count). The molecule has 3 heteroatoms. The summed E-state index contributed by atoms with van der Waals surface area (Å²) in [6.07, 6.45) is 8.90. The van der Waals surface area contributed by atoms with Crippen LogP contribution in [0.3, 0.4) is 0 Å². The van der Waals surface area contributed by atoms with E-state index < -0.39 is 0 Å². The molecule has 0 saturated heterocycles. The molecule has 0 aliphatic carbocycles. The average Bonchev–Trinajstić information content (AvgIpc) is 2.84. The van der Waals surface area contributed by atoms with Crippen molar-refractivity contribution in [3.63, 3.8) is 0 Å². The number of aromatic nitrogens is 1. The third-order valence-corrected chi connectivity index (χ3v) is 2.27. The highest BCUT2D eigenvalue weighted by molar-refractivity contribution is 4.94. The van der Waals surface area contributed by atoms with Crippen molar-refractivity contribution in [2.75, 3.05) is 13.7 Å². The second kappa shape index (κ2) is 12.2. The number of unbranched alkanes of at least 4 members (excludes halogenated alkanes) is 4. The number of ether oxygens (including phenoxy) is 1. The Balaban J connectivity index is 0.00000106. The van der Waals surface area contributed by atoms with Gasteiger partial charge in [0, 0.05) is 19.8 Å². The van der Waals surface area contributed by atoms with Gasteiger partial charge in [0.25, 0.3) is 0 Å². The van der Waals surface area contributed by atoms with Gasteiger partial charge in [0.15, 0.2) is 0 Å². The van der Waals surface area contributed by atoms with E-state index in [2.05, 4.69) is 5.16 Å². The van der Waals surface area contributed by atoms with Gasteiger partial charge in [-0.1, -0.05) is 38.3 Å². The van der Waals surface area contributed by atoms with Crippen LogP contribution in [0.1, 0.15) is 51.6 Å². The van der Waals surface area contributed by atoms with E-state index >= 15 is 0 Å². The molecular weight excluding hydrogens is 202 g/mol. The van der Waals surface area contributed by atoms with E-state index in [-0.39, 0.29) is 0 Å². The minimum absolute atomic E-state index is 0.892. The van der Waals surface area contributed by atoms with Crippen molar-refractivity contribution in [1.82, 2.24) is 5.16 Å². The summed E-state index contributed by atoms with van der Waals surface area (Å²) in [4.78, 5) is 0. The molecule has 1 heterocycles. The summed E-state index contributed by atoms with van der Waals surface area (Å²) in [5.41, 5.74) is 1.07. The van der Waals surface area contributed by atoms with Crippen molar-refractivity contribution in [1.29, 1.82) is 0 Å². The number of rotatable bonds is 8. The van der Waals surface area contributed by atoms with Crippen LogP contribution >= 0.6 is 0 Å². The van der Waals surface area contributed by atoms with Crippen LogP contribution in [-0.4, -0.2) is 18.9 Å². The molecule has 1 aromatic heterocycles. The highest BCUT2D eigenvalue weighted by Gasteiger charge is 1.96. The highest BCUT2D eigenvalue weighted by atomic mass is 16.5. The Morgan fingerprint density at radius 3 is 2.44 bits per heavy atom. The third-order valence-electron chi connectivity index (χ3n) is 2.27. The Hall–Kier alpha value is -0.830. The third kappa shape index (κ3) is 8.48. The van der Waals surface area contributed by atoms with E-state index in [0.29, 0.717) is 0 Å². The molecule has 0 radical (unpaired) electrons. The Morgan fingerprint density at radius 1 is 1.12 bits per heavy atom. The van der Waals surface area contributed by atoms with Crippen LogP contribution < -0.4 is 0 Å². The summed E-state index contributed by atoms with van der Waals surface area (Å²) in [6, 6.07) is 1.94. The highest BCUT2D eigenvalue weighted by Crippen LogP contribution is 2.07. The maximum absolute atomic E-state index is 4.98. The molecule has 0 aromatic carbocycles. The van der Waals surface area contributed by atoms with E-state index in [9.17, 15) is 0 Å². The number of aryl methyl sites for hydroxylation is 1. The van der Waals surface area contributed by atoms with Gasteiger partial charge in [0.05, 0.1) is 5.69 Å². The molecule has 3 nitrogen and oxygen atoms in total. The summed E-state index contributed by atoms with van der Waals surface area (Å²) < 4.78 is 9.74. The van der Waals surface area contributed by atoms with Crippen LogP contribution in [0.15, 0.2) is 16.9 Å². The van der Waals surface area contributed by atoms with Crippen molar-refractivity contribution >= 4 is 0 Å². The number of nitrogens with zero attached hydrogens (tertiary/aromatic N) is 1. The van der Waals surface area contributed by atoms with Crippen LogP contribution in [0.4, 0.5) is 0 Å². The standard InChI is InChI=1S/C11H19NO2.C2H6/c1-13-9-6-4-2-3-5-7-11-8-10-14-12-11;1-2/h8,10H,2-7,9H2,1H3;1-2H3. The van der Waals surface area contributed by atoms with Gasteiger partial charge < -0.3 is 9.26 Å². The predicted octanol–water partition coefficient (Wildman–Crippen LogP) is 3.84. The molecule has 0 amide bonds. The molecule has 0 spiro atoms. The average molecular weight is 227 g/mol. The van der Waals surface area contributed by atoms with Crippen molar-refractivity contribution in [2.45, 2.75) is 52.4 Å². The molecule has 0 aliphatic heterocycles. The van der Waals surface area contributed by atoms with E-state index in [0.717, 1.165) is 18.7 Å². The van der Waals surface area contributed by atoms with E-state index in [1.165, 1.54) is 32.1 Å². The zero-order chi connectivity index (χ0) is 12.1. The lowest BCUT2D eigenvalue weighted by atomic mass is 10.1. The van der Waals surface area contributed by atoms with Gasteiger partial charge in [-0.3, -0.25) is 0 Å². The molecular formula is C13H25NO2. The van der Waals surface area contributed by atoms with Gasteiger partial charge in [-0.25, -0.2) is 0 Å². The summed E-state index contributed by atoms with van der Waals surface area (Å²) in [5.74, 6) is 0. The van der Waals surface area contributed by atoms with Gasteiger partial charge in [-0.2, -0.15) is 0 Å². The van der Waals surface area contributed by atoms with Gasteiger partial charge in [0.2, 0.25) is 0 Å². The van der Waals surface area contributed by atoms with Crippen LogP contribution in [0, 0.1) is 0 Å². The number of hydrogen-bond donors (Lipinski definition) is 0. The smallest absolute Gasteiger partial charge is 0.124 e. The van der Waals surface area contributed by atoms with Crippen molar-refractivity contribution in [2.24, 2.45) is 0 Å². The molecule has 0 saturated carbocycles. The van der Waals surface area contributed by atoms with Crippen molar-refractivity contribution in [3.8, 4) is 0 Å². The normalized spacial score (nSPS) is 9.69. The molecule has 0 atom stereocenters. The lowest BCUT2D eigenvalue weighted by molar-refractivity contribution is 0.192. The second-order valence-electron chi connectivity index (χ2n) is 3.50. The Labute approximate surface area is 99.2 Å². The molecule has 1 aromatic rings. The maximum atomic E-state index is 4.98. The van der Waals surface area contributed by atoms with Crippen LogP contribution in [0.25, 0.3) is 0 Å². The SMILES string of the molecule is CC.COCCCCCCCc1ccon1. The van der Waals surface area contributed by atoms with Crippen molar-refractivity contribution < 1.29 is 9.26 Å². The molecule has 0 N–H and O–H groups in total. The van der Waals surface area contributed by atoms with Gasteiger partial charge in [-0.15, -0.1) is 0 Å². The first-order valence-electron chi connectivity index (χ1n) is 6.31. The van der Waals surface area contributed by atoms with E-state index in [4.69, 9.17) is 9.26 Å². The topological polar surface area (TPSA) is 35.3 Å². The summed E-state index contributed by atoms with van der Waals surface area (Å²) in [6.45, 7) is 4.89. The summed E-state index contributed by atoms with van der Waals surface area (Å²) >= 11 is 0. The van der Waals surface area contributed by atoms with Crippen LogP contribution in [-0.2, 0) is 11.2 Å². The number of methoxy groups -OCH3 is 1. The van der Waals surface area contributed by atoms with Gasteiger partial charge in [0.1, 0.15) is 6.26 Å². The molecule has 0 bridgehead atoms. The van der Waals surface area contributed by atoms with Gasteiger partial charge in [-0.05, 0) is 19.3 Å². The fourth-order valence-electron chi connectivity index (χ4n) is 1.45. The quantitative estimate of drug-likeness (QED) is 0.633. The summed E-state index contributed by atoms with van der Waals surface area (Å²) in [5, 5.41) is 3.87.